The zero-order valence-electron chi connectivity index (χ0n) is 15.7. The molecular weight excluding hydrogens is 352 g/mol. The number of aliphatic imine (C=N–C) groups is 1. The third-order valence-electron chi connectivity index (χ3n) is 4.96. The first-order valence-corrected chi connectivity index (χ1v) is 9.34. The average Bonchev–Trinajstić information content (AvgIpc) is 3.23. The molecular formula is C22H22N4O2. The van der Waals surface area contributed by atoms with Gasteiger partial charge in [0.15, 0.2) is 5.84 Å². The van der Waals surface area contributed by atoms with E-state index in [0.29, 0.717) is 23.8 Å². The van der Waals surface area contributed by atoms with Crippen LogP contribution >= 0.6 is 0 Å². The quantitative estimate of drug-likeness (QED) is 0.401. The number of nitrogens with zero attached hydrogens (tertiary/aromatic N) is 3. The second-order valence-electron chi connectivity index (χ2n) is 6.79. The number of fused-ring (bicyclic) bond motifs is 1. The lowest BCUT2D eigenvalue weighted by atomic mass is 10.0. The molecule has 0 atom stereocenters. The van der Waals surface area contributed by atoms with Crippen LogP contribution in [0.3, 0.4) is 0 Å². The Morgan fingerprint density at radius 1 is 1.14 bits per heavy atom. The molecule has 2 heterocycles. The molecule has 0 bridgehead atoms. The SMILES string of the molecule is Cc1ccc(Oc2ncccc2C(=NCc2cccnc2)NO)c2c1CCC2. The smallest absolute Gasteiger partial charge is 0.230 e. The van der Waals surface area contributed by atoms with Gasteiger partial charge in [0, 0.05) is 18.6 Å². The minimum absolute atomic E-state index is 0.302. The molecule has 1 aliphatic rings. The highest BCUT2D eigenvalue weighted by Crippen LogP contribution is 2.35. The molecule has 0 saturated carbocycles. The van der Waals surface area contributed by atoms with Gasteiger partial charge < -0.3 is 4.74 Å². The van der Waals surface area contributed by atoms with Gasteiger partial charge in [-0.1, -0.05) is 12.1 Å². The van der Waals surface area contributed by atoms with Crippen molar-refractivity contribution in [2.75, 3.05) is 0 Å². The topological polar surface area (TPSA) is 79.6 Å². The molecule has 1 aromatic carbocycles. The first-order valence-electron chi connectivity index (χ1n) is 9.34. The summed E-state index contributed by atoms with van der Waals surface area (Å²) in [7, 11) is 0. The van der Waals surface area contributed by atoms with Crippen molar-refractivity contribution >= 4 is 5.84 Å². The number of rotatable bonds is 5. The maximum Gasteiger partial charge on any atom is 0.230 e. The number of amidine groups is 1. The van der Waals surface area contributed by atoms with Gasteiger partial charge in [-0.15, -0.1) is 0 Å². The van der Waals surface area contributed by atoms with E-state index in [4.69, 9.17) is 4.74 Å². The molecule has 0 saturated heterocycles. The van der Waals surface area contributed by atoms with Gasteiger partial charge in [0.25, 0.3) is 0 Å². The third kappa shape index (κ3) is 3.73. The molecule has 0 unspecified atom stereocenters. The number of aromatic nitrogens is 2. The van der Waals surface area contributed by atoms with E-state index in [2.05, 4.69) is 33.4 Å². The van der Waals surface area contributed by atoms with Crippen molar-refractivity contribution in [2.24, 2.45) is 4.99 Å². The van der Waals surface area contributed by atoms with Gasteiger partial charge in [-0.05, 0) is 72.7 Å². The number of pyridine rings is 2. The largest absolute Gasteiger partial charge is 0.438 e. The summed E-state index contributed by atoms with van der Waals surface area (Å²) in [5.74, 6) is 1.53. The van der Waals surface area contributed by atoms with Gasteiger partial charge in [-0.25, -0.2) is 4.98 Å². The molecule has 6 nitrogen and oxygen atoms in total. The minimum atomic E-state index is 0.302. The van der Waals surface area contributed by atoms with Gasteiger partial charge in [0.1, 0.15) is 5.75 Å². The molecule has 2 N–H and O–H groups in total. The second-order valence-corrected chi connectivity index (χ2v) is 6.79. The maximum absolute atomic E-state index is 9.66. The van der Waals surface area contributed by atoms with Crippen molar-refractivity contribution < 1.29 is 9.94 Å². The summed E-state index contributed by atoms with van der Waals surface area (Å²) in [6.07, 6.45) is 8.36. The highest BCUT2D eigenvalue weighted by Gasteiger charge is 2.20. The van der Waals surface area contributed by atoms with E-state index in [1.807, 2.05) is 24.3 Å². The van der Waals surface area contributed by atoms with Gasteiger partial charge >= 0.3 is 0 Å². The van der Waals surface area contributed by atoms with E-state index >= 15 is 0 Å². The Morgan fingerprint density at radius 3 is 2.82 bits per heavy atom. The van der Waals surface area contributed by atoms with Crippen LogP contribution in [-0.4, -0.2) is 21.0 Å². The summed E-state index contributed by atoms with van der Waals surface area (Å²) in [4.78, 5) is 12.9. The fraction of sp³-hybridized carbons (Fsp3) is 0.227. The van der Waals surface area contributed by atoms with E-state index in [1.165, 1.54) is 16.7 Å². The predicted octanol–water partition coefficient (Wildman–Crippen LogP) is 3.99. The standard InChI is InChI=1S/C22H22N4O2/c1-15-9-10-20(18-7-2-6-17(15)18)28-22-19(8-4-12-24-22)21(26-27)25-14-16-5-3-11-23-13-16/h3-5,8-13,27H,2,6-7,14H2,1H3,(H,25,26). The maximum atomic E-state index is 9.66. The van der Waals surface area contributed by atoms with E-state index in [1.54, 1.807) is 24.7 Å². The second kappa shape index (κ2) is 8.19. The molecule has 3 aromatic rings. The highest BCUT2D eigenvalue weighted by atomic mass is 16.5. The summed E-state index contributed by atoms with van der Waals surface area (Å²) >= 11 is 0. The van der Waals surface area contributed by atoms with Gasteiger partial charge in [0.2, 0.25) is 5.88 Å². The van der Waals surface area contributed by atoms with Crippen molar-refractivity contribution in [3.63, 3.8) is 0 Å². The fourth-order valence-electron chi connectivity index (χ4n) is 3.55. The zero-order valence-corrected chi connectivity index (χ0v) is 15.7. The summed E-state index contributed by atoms with van der Waals surface area (Å²) < 4.78 is 6.19. The van der Waals surface area contributed by atoms with E-state index in [9.17, 15) is 5.21 Å². The van der Waals surface area contributed by atoms with E-state index in [-0.39, 0.29) is 0 Å². The summed E-state index contributed by atoms with van der Waals surface area (Å²) in [6, 6.07) is 11.5. The fourth-order valence-corrected chi connectivity index (χ4v) is 3.55. The number of hydrogen-bond acceptors (Lipinski definition) is 5. The number of ether oxygens (including phenoxy) is 1. The lowest BCUT2D eigenvalue weighted by Gasteiger charge is -2.14. The first kappa shape index (κ1) is 18.1. The van der Waals surface area contributed by atoms with Crippen molar-refractivity contribution in [3.8, 4) is 11.6 Å². The van der Waals surface area contributed by atoms with Crippen LogP contribution in [0.5, 0.6) is 11.6 Å². The normalized spacial score (nSPS) is 13.3. The Balaban J connectivity index is 1.64. The van der Waals surface area contributed by atoms with Crippen LogP contribution < -0.4 is 10.2 Å². The molecule has 28 heavy (non-hydrogen) atoms. The number of hydrogen-bond donors (Lipinski definition) is 2. The Hall–Kier alpha value is -3.25. The molecule has 1 aliphatic carbocycles. The van der Waals surface area contributed by atoms with Crippen LogP contribution in [0.2, 0.25) is 0 Å². The predicted molar refractivity (Wildman–Crippen MR) is 107 cm³/mol. The van der Waals surface area contributed by atoms with Crippen molar-refractivity contribution in [1.29, 1.82) is 0 Å². The van der Waals surface area contributed by atoms with Crippen LogP contribution in [0.4, 0.5) is 0 Å². The molecule has 6 heteroatoms. The van der Waals surface area contributed by atoms with Crippen LogP contribution in [0.25, 0.3) is 0 Å². The monoisotopic (exact) mass is 374 g/mol. The average molecular weight is 374 g/mol. The van der Waals surface area contributed by atoms with Crippen LogP contribution in [0, 0.1) is 6.92 Å². The number of nitrogens with one attached hydrogen (secondary N) is 1. The summed E-state index contributed by atoms with van der Waals surface area (Å²) in [5, 5.41) is 9.66. The Bertz CT molecular complexity index is 1000. The highest BCUT2D eigenvalue weighted by molar-refractivity contribution is 6.00. The Labute approximate surface area is 163 Å². The van der Waals surface area contributed by atoms with Crippen LogP contribution in [0.1, 0.15) is 34.2 Å². The van der Waals surface area contributed by atoms with E-state index in [0.717, 1.165) is 30.6 Å². The van der Waals surface area contributed by atoms with E-state index < -0.39 is 0 Å². The molecule has 0 radical (unpaired) electrons. The van der Waals surface area contributed by atoms with Crippen LogP contribution in [-0.2, 0) is 19.4 Å². The van der Waals surface area contributed by atoms with Crippen molar-refractivity contribution in [2.45, 2.75) is 32.7 Å². The molecule has 0 amide bonds. The summed E-state index contributed by atoms with van der Waals surface area (Å²) in [6.45, 7) is 2.52. The minimum Gasteiger partial charge on any atom is -0.438 e. The lowest BCUT2D eigenvalue weighted by Crippen LogP contribution is -2.21. The third-order valence-corrected chi connectivity index (χ3v) is 4.96. The number of hydroxylamine groups is 1. The number of benzene rings is 1. The molecule has 2 aromatic heterocycles. The van der Waals surface area contributed by atoms with Crippen LogP contribution in [0.15, 0.2) is 60.0 Å². The molecule has 142 valence electrons. The Morgan fingerprint density at radius 2 is 2.00 bits per heavy atom. The molecule has 0 spiro atoms. The molecule has 0 fully saturated rings. The van der Waals surface area contributed by atoms with Crippen molar-refractivity contribution in [1.82, 2.24) is 15.4 Å². The lowest BCUT2D eigenvalue weighted by molar-refractivity contribution is 0.234. The van der Waals surface area contributed by atoms with Gasteiger partial charge in [-0.2, -0.15) is 0 Å². The first-order chi connectivity index (χ1) is 13.8. The van der Waals surface area contributed by atoms with Gasteiger partial charge in [-0.3, -0.25) is 20.7 Å². The zero-order chi connectivity index (χ0) is 19.3. The Kier molecular flexibility index (Phi) is 5.30. The van der Waals surface area contributed by atoms with Gasteiger partial charge in [0.05, 0.1) is 12.1 Å². The molecule has 0 aliphatic heterocycles. The van der Waals surface area contributed by atoms with Crippen molar-refractivity contribution in [3.05, 3.63) is 82.8 Å². The number of aryl methyl sites for hydroxylation is 1. The molecule has 4 rings (SSSR count). The summed E-state index contributed by atoms with van der Waals surface area (Å²) in [5.41, 5.74) is 7.66.